The van der Waals surface area contributed by atoms with E-state index in [1.807, 2.05) is 13.8 Å². The van der Waals surface area contributed by atoms with Crippen molar-refractivity contribution < 1.29 is 13.2 Å². The second-order valence-electron chi connectivity index (χ2n) is 8.01. The van der Waals surface area contributed by atoms with Gasteiger partial charge in [-0.05, 0) is 50.5 Å². The molecule has 7 nitrogen and oxygen atoms in total. The van der Waals surface area contributed by atoms with Gasteiger partial charge in [0, 0.05) is 24.9 Å². The molecule has 1 atom stereocenters. The Morgan fingerprint density at radius 3 is 2.57 bits per heavy atom. The van der Waals surface area contributed by atoms with Gasteiger partial charge in [-0.2, -0.15) is 0 Å². The third-order valence-electron chi connectivity index (χ3n) is 5.59. The maximum atomic E-state index is 13.1. The first-order valence-electron chi connectivity index (χ1n) is 10.2. The van der Waals surface area contributed by atoms with E-state index >= 15 is 0 Å². The van der Waals surface area contributed by atoms with Gasteiger partial charge in [-0.1, -0.05) is 18.6 Å². The van der Waals surface area contributed by atoms with E-state index in [1.165, 1.54) is 12.7 Å². The van der Waals surface area contributed by atoms with Gasteiger partial charge in [-0.25, -0.2) is 18.4 Å². The molecule has 0 spiro atoms. The van der Waals surface area contributed by atoms with E-state index in [0.717, 1.165) is 48.5 Å². The van der Waals surface area contributed by atoms with Crippen molar-refractivity contribution in [2.24, 2.45) is 0 Å². The van der Waals surface area contributed by atoms with Crippen molar-refractivity contribution in [1.82, 2.24) is 19.9 Å². The van der Waals surface area contributed by atoms with Crippen molar-refractivity contribution >= 4 is 26.9 Å². The van der Waals surface area contributed by atoms with Crippen molar-refractivity contribution in [3.05, 3.63) is 53.0 Å². The van der Waals surface area contributed by atoms with Gasteiger partial charge in [0.15, 0.2) is 15.5 Å². The molecular weight excluding hydrogens is 400 g/mol. The molecule has 1 aliphatic rings. The Labute approximate surface area is 176 Å². The first kappa shape index (κ1) is 20.5. The number of imidazole rings is 1. The number of hydrogen-bond acceptors (Lipinski definition) is 5. The molecule has 1 aliphatic heterocycles. The zero-order chi connectivity index (χ0) is 21.5. The Bertz CT molecular complexity index is 1210. The highest BCUT2D eigenvalue weighted by molar-refractivity contribution is 7.90. The minimum atomic E-state index is -3.25. The van der Waals surface area contributed by atoms with Gasteiger partial charge in [0.05, 0.1) is 16.5 Å². The molecule has 0 saturated heterocycles. The Balaban J connectivity index is 1.63. The number of nitrogens with zero attached hydrogens (tertiary/aromatic N) is 3. The standard InChI is InChI=1S/C22H26N4O3S/c1-14-13-18(20-21(23-14)26-12-6-4-5-7-19(26)25-20)22(27)24-15(2)16-8-10-17(11-9-16)30(3,28)29/h8-11,13,15H,4-7,12H2,1-3H3,(H,24,27)/t15-/m0/s1. The lowest BCUT2D eigenvalue weighted by Gasteiger charge is -2.15. The Morgan fingerprint density at radius 2 is 1.87 bits per heavy atom. The number of rotatable bonds is 4. The lowest BCUT2D eigenvalue weighted by atomic mass is 10.1. The number of fused-ring (bicyclic) bond motifs is 3. The Morgan fingerprint density at radius 1 is 1.13 bits per heavy atom. The molecular formula is C22H26N4O3S. The number of nitrogens with one attached hydrogen (secondary N) is 1. The summed E-state index contributed by atoms with van der Waals surface area (Å²) in [5, 5.41) is 3.02. The third-order valence-corrected chi connectivity index (χ3v) is 6.72. The van der Waals surface area contributed by atoms with Crippen LogP contribution in [0.25, 0.3) is 11.2 Å². The molecule has 2 aromatic heterocycles. The smallest absolute Gasteiger partial charge is 0.254 e. The SMILES string of the molecule is Cc1cc(C(=O)N[C@@H](C)c2ccc(S(C)(=O)=O)cc2)c2nc3n(c2n1)CCCCC3. The van der Waals surface area contributed by atoms with Crippen LogP contribution in [0, 0.1) is 6.92 Å². The first-order chi connectivity index (χ1) is 14.2. The van der Waals surface area contributed by atoms with Gasteiger partial charge in [0.1, 0.15) is 11.3 Å². The van der Waals surface area contributed by atoms with Crippen LogP contribution in [0.15, 0.2) is 35.2 Å². The number of aryl methyl sites for hydroxylation is 3. The lowest BCUT2D eigenvalue weighted by molar-refractivity contribution is 0.0941. The second-order valence-corrected chi connectivity index (χ2v) is 10.0. The van der Waals surface area contributed by atoms with Crippen LogP contribution in [0.3, 0.4) is 0 Å². The minimum absolute atomic E-state index is 0.210. The molecule has 4 rings (SSSR count). The summed E-state index contributed by atoms with van der Waals surface area (Å²) in [5.74, 6) is 0.789. The predicted octanol–water partition coefficient (Wildman–Crippen LogP) is 3.36. The second kappa shape index (κ2) is 7.83. The first-order valence-corrected chi connectivity index (χ1v) is 12.1. The Hall–Kier alpha value is -2.74. The molecule has 0 fully saturated rings. The highest BCUT2D eigenvalue weighted by Crippen LogP contribution is 2.25. The number of hydrogen-bond donors (Lipinski definition) is 1. The zero-order valence-corrected chi connectivity index (χ0v) is 18.3. The van der Waals surface area contributed by atoms with Gasteiger partial charge in [0.2, 0.25) is 0 Å². The minimum Gasteiger partial charge on any atom is -0.345 e. The molecule has 1 N–H and O–H groups in total. The molecule has 0 bridgehead atoms. The number of amides is 1. The topological polar surface area (TPSA) is 94.0 Å². The average molecular weight is 427 g/mol. The van der Waals surface area contributed by atoms with Crippen LogP contribution < -0.4 is 5.32 Å². The van der Waals surface area contributed by atoms with E-state index in [4.69, 9.17) is 4.98 Å². The molecule has 158 valence electrons. The van der Waals surface area contributed by atoms with Crippen molar-refractivity contribution in [2.75, 3.05) is 6.26 Å². The highest BCUT2D eigenvalue weighted by atomic mass is 32.2. The number of carbonyl (C=O) groups is 1. The van der Waals surface area contributed by atoms with Crippen molar-refractivity contribution in [3.8, 4) is 0 Å². The largest absolute Gasteiger partial charge is 0.345 e. The van der Waals surface area contributed by atoms with Crippen LogP contribution in [0.5, 0.6) is 0 Å². The van der Waals surface area contributed by atoms with E-state index < -0.39 is 9.84 Å². The van der Waals surface area contributed by atoms with Crippen LogP contribution in [0.1, 0.15) is 59.7 Å². The van der Waals surface area contributed by atoms with E-state index in [0.29, 0.717) is 11.1 Å². The predicted molar refractivity (Wildman–Crippen MR) is 115 cm³/mol. The van der Waals surface area contributed by atoms with Crippen LogP contribution in [-0.2, 0) is 22.8 Å². The molecule has 0 saturated carbocycles. The van der Waals surface area contributed by atoms with Crippen LogP contribution in [-0.4, -0.2) is 35.1 Å². The summed E-state index contributed by atoms with van der Waals surface area (Å²) in [6, 6.07) is 8.09. The molecule has 0 radical (unpaired) electrons. The third kappa shape index (κ3) is 3.96. The summed E-state index contributed by atoms with van der Waals surface area (Å²) < 4.78 is 25.5. The zero-order valence-electron chi connectivity index (χ0n) is 17.5. The molecule has 0 aliphatic carbocycles. The summed E-state index contributed by atoms with van der Waals surface area (Å²) >= 11 is 0. The van der Waals surface area contributed by atoms with E-state index in [1.54, 1.807) is 30.3 Å². The summed E-state index contributed by atoms with van der Waals surface area (Å²) in [6.07, 6.45) is 5.45. The van der Waals surface area contributed by atoms with Crippen LogP contribution in [0.2, 0.25) is 0 Å². The maximum Gasteiger partial charge on any atom is 0.254 e. The molecule has 8 heteroatoms. The van der Waals surface area contributed by atoms with Gasteiger partial charge >= 0.3 is 0 Å². The molecule has 30 heavy (non-hydrogen) atoms. The normalized spacial score (nSPS) is 15.4. The summed E-state index contributed by atoms with van der Waals surface area (Å²) in [7, 11) is -3.25. The number of benzene rings is 1. The number of pyridine rings is 1. The van der Waals surface area contributed by atoms with Crippen molar-refractivity contribution in [2.45, 2.75) is 57.0 Å². The fourth-order valence-corrected chi connectivity index (χ4v) is 4.58. The summed E-state index contributed by atoms with van der Waals surface area (Å²) in [5.41, 5.74) is 3.57. The number of carbonyl (C=O) groups excluding carboxylic acids is 1. The quantitative estimate of drug-likeness (QED) is 0.690. The van der Waals surface area contributed by atoms with E-state index in [2.05, 4.69) is 14.9 Å². The monoisotopic (exact) mass is 426 g/mol. The molecule has 1 amide bonds. The van der Waals surface area contributed by atoms with E-state index in [-0.39, 0.29) is 16.8 Å². The van der Waals surface area contributed by atoms with E-state index in [9.17, 15) is 13.2 Å². The van der Waals surface area contributed by atoms with Crippen molar-refractivity contribution in [1.29, 1.82) is 0 Å². The van der Waals surface area contributed by atoms with Gasteiger partial charge in [-0.3, -0.25) is 4.79 Å². The summed E-state index contributed by atoms with van der Waals surface area (Å²) in [6.45, 7) is 4.65. The fraction of sp³-hybridized carbons (Fsp3) is 0.409. The number of sulfone groups is 1. The molecule has 1 aromatic carbocycles. The fourth-order valence-electron chi connectivity index (χ4n) is 3.95. The van der Waals surface area contributed by atoms with Gasteiger partial charge in [0.25, 0.3) is 5.91 Å². The molecule has 3 aromatic rings. The molecule has 0 unspecified atom stereocenters. The van der Waals surface area contributed by atoms with Crippen LogP contribution in [0.4, 0.5) is 0 Å². The van der Waals surface area contributed by atoms with Crippen LogP contribution >= 0.6 is 0 Å². The lowest BCUT2D eigenvalue weighted by Crippen LogP contribution is -2.27. The van der Waals surface area contributed by atoms with Crippen molar-refractivity contribution in [3.63, 3.8) is 0 Å². The molecule has 3 heterocycles. The van der Waals surface area contributed by atoms with Gasteiger partial charge < -0.3 is 9.88 Å². The number of aromatic nitrogens is 3. The summed E-state index contributed by atoms with van der Waals surface area (Å²) in [4.78, 5) is 22.8. The Kier molecular flexibility index (Phi) is 5.36. The van der Waals surface area contributed by atoms with Gasteiger partial charge in [-0.15, -0.1) is 0 Å². The average Bonchev–Trinajstić information content (AvgIpc) is 2.87. The highest BCUT2D eigenvalue weighted by Gasteiger charge is 2.22. The maximum absolute atomic E-state index is 13.1.